The Kier molecular flexibility index (Phi) is 3.38. The van der Waals surface area contributed by atoms with Crippen molar-refractivity contribution in [3.8, 4) is 0 Å². The average molecular weight is 292 g/mol. The van der Waals surface area contributed by atoms with E-state index in [4.69, 9.17) is 0 Å². The van der Waals surface area contributed by atoms with E-state index in [0.717, 1.165) is 50.3 Å². The van der Waals surface area contributed by atoms with Crippen molar-refractivity contribution in [1.82, 2.24) is 14.7 Å². The molecular weight excluding hydrogens is 277 g/mol. The highest BCUT2D eigenvalue weighted by molar-refractivity contribution is 7.09. The topological polar surface area (TPSA) is 41.1 Å². The molecular formula is C11H15F3N4S. The summed E-state index contributed by atoms with van der Waals surface area (Å²) < 4.78 is 41.0. The quantitative estimate of drug-likeness (QED) is 0.908. The number of nitrogens with one attached hydrogen (secondary N) is 1. The van der Waals surface area contributed by atoms with Crippen molar-refractivity contribution in [3.63, 3.8) is 0 Å². The molecule has 2 unspecified atom stereocenters. The van der Waals surface area contributed by atoms with Gasteiger partial charge in [-0.05, 0) is 32.2 Å². The van der Waals surface area contributed by atoms with Gasteiger partial charge in [-0.1, -0.05) is 0 Å². The van der Waals surface area contributed by atoms with E-state index in [9.17, 15) is 13.2 Å². The van der Waals surface area contributed by atoms with Gasteiger partial charge in [0.2, 0.25) is 11.0 Å². The van der Waals surface area contributed by atoms with Crippen LogP contribution in [0.5, 0.6) is 0 Å². The van der Waals surface area contributed by atoms with Gasteiger partial charge in [0, 0.05) is 30.2 Å². The zero-order valence-corrected chi connectivity index (χ0v) is 11.1. The fourth-order valence-corrected chi connectivity index (χ4v) is 3.71. The monoisotopic (exact) mass is 292 g/mol. The molecule has 0 spiro atoms. The highest BCUT2D eigenvalue weighted by atomic mass is 32.1. The van der Waals surface area contributed by atoms with E-state index in [0.29, 0.717) is 11.2 Å². The minimum Gasteiger partial charge on any atom is -0.342 e. The Morgan fingerprint density at radius 2 is 2.11 bits per heavy atom. The number of alkyl halides is 3. The number of aromatic nitrogens is 2. The summed E-state index contributed by atoms with van der Waals surface area (Å²) in [5.41, 5.74) is 0. The second kappa shape index (κ2) is 4.90. The van der Waals surface area contributed by atoms with Crippen LogP contribution >= 0.6 is 11.5 Å². The molecule has 0 amide bonds. The molecule has 8 heteroatoms. The Bertz CT molecular complexity index is 441. The molecule has 2 fully saturated rings. The van der Waals surface area contributed by atoms with Gasteiger partial charge in [0.05, 0.1) is 0 Å². The Balaban J connectivity index is 1.78. The van der Waals surface area contributed by atoms with Crippen molar-refractivity contribution in [2.75, 3.05) is 18.0 Å². The molecule has 19 heavy (non-hydrogen) atoms. The SMILES string of the molecule is FC(F)(F)c1nsc(N2CCCC2C2CCCN2)n1. The normalized spacial score (nSPS) is 28.3. The first-order valence-corrected chi connectivity index (χ1v) is 7.24. The molecule has 2 saturated heterocycles. The van der Waals surface area contributed by atoms with Crippen LogP contribution in [0.2, 0.25) is 0 Å². The lowest BCUT2D eigenvalue weighted by atomic mass is 10.0. The van der Waals surface area contributed by atoms with Crippen LogP contribution in [-0.2, 0) is 6.18 Å². The van der Waals surface area contributed by atoms with Crippen molar-refractivity contribution < 1.29 is 13.2 Å². The van der Waals surface area contributed by atoms with Crippen molar-refractivity contribution in [2.24, 2.45) is 0 Å². The molecule has 106 valence electrons. The molecule has 2 aliphatic heterocycles. The Hall–Kier alpha value is -0.890. The number of hydrogen-bond donors (Lipinski definition) is 1. The van der Waals surface area contributed by atoms with Gasteiger partial charge in [0.15, 0.2) is 0 Å². The molecule has 0 aliphatic carbocycles. The fourth-order valence-electron chi connectivity index (χ4n) is 2.94. The number of anilines is 1. The molecule has 4 nitrogen and oxygen atoms in total. The summed E-state index contributed by atoms with van der Waals surface area (Å²) in [6.45, 7) is 1.77. The summed E-state index contributed by atoms with van der Waals surface area (Å²) in [6.07, 6.45) is -0.205. The summed E-state index contributed by atoms with van der Waals surface area (Å²) in [6, 6.07) is 0.636. The first-order chi connectivity index (χ1) is 9.05. The molecule has 1 aromatic rings. The van der Waals surface area contributed by atoms with Gasteiger partial charge in [0.25, 0.3) is 0 Å². The van der Waals surface area contributed by atoms with Gasteiger partial charge in [0.1, 0.15) is 0 Å². The van der Waals surface area contributed by atoms with Gasteiger partial charge in [-0.15, -0.1) is 0 Å². The zero-order chi connectivity index (χ0) is 13.5. The fraction of sp³-hybridized carbons (Fsp3) is 0.818. The van der Waals surface area contributed by atoms with Gasteiger partial charge < -0.3 is 10.2 Å². The van der Waals surface area contributed by atoms with E-state index < -0.39 is 12.0 Å². The van der Waals surface area contributed by atoms with Gasteiger partial charge in [-0.3, -0.25) is 0 Å². The Labute approximate surface area is 113 Å². The van der Waals surface area contributed by atoms with Crippen LogP contribution < -0.4 is 10.2 Å². The van der Waals surface area contributed by atoms with Crippen molar-refractivity contribution >= 4 is 16.7 Å². The van der Waals surface area contributed by atoms with E-state index in [1.807, 2.05) is 4.90 Å². The van der Waals surface area contributed by atoms with Crippen molar-refractivity contribution in [1.29, 1.82) is 0 Å². The second-order valence-electron chi connectivity index (χ2n) is 5.00. The number of halogens is 3. The smallest absolute Gasteiger partial charge is 0.342 e. The maximum atomic E-state index is 12.5. The van der Waals surface area contributed by atoms with E-state index in [-0.39, 0.29) is 6.04 Å². The Morgan fingerprint density at radius 1 is 1.26 bits per heavy atom. The van der Waals surface area contributed by atoms with Crippen molar-refractivity contribution in [2.45, 2.75) is 43.9 Å². The van der Waals surface area contributed by atoms with Gasteiger partial charge in [-0.2, -0.15) is 22.5 Å². The summed E-state index contributed by atoms with van der Waals surface area (Å²) in [4.78, 5) is 5.66. The third-order valence-corrected chi connectivity index (χ3v) is 4.53. The largest absolute Gasteiger partial charge is 0.452 e. The second-order valence-corrected chi connectivity index (χ2v) is 5.73. The molecule has 0 aromatic carbocycles. The predicted octanol–water partition coefficient (Wildman–Crippen LogP) is 2.28. The molecule has 2 aliphatic rings. The van der Waals surface area contributed by atoms with Crippen LogP contribution in [0.15, 0.2) is 0 Å². The van der Waals surface area contributed by atoms with Gasteiger partial charge >= 0.3 is 6.18 Å². The predicted molar refractivity (Wildman–Crippen MR) is 66.3 cm³/mol. The minimum absolute atomic E-state index is 0.261. The van der Waals surface area contributed by atoms with Crippen LogP contribution in [-0.4, -0.2) is 34.5 Å². The zero-order valence-electron chi connectivity index (χ0n) is 10.3. The third-order valence-electron chi connectivity index (χ3n) is 3.78. The maximum Gasteiger partial charge on any atom is 0.452 e. The van der Waals surface area contributed by atoms with E-state index in [2.05, 4.69) is 14.7 Å². The van der Waals surface area contributed by atoms with Crippen LogP contribution in [0.3, 0.4) is 0 Å². The Morgan fingerprint density at radius 3 is 2.74 bits per heavy atom. The van der Waals surface area contributed by atoms with E-state index in [1.165, 1.54) is 0 Å². The lowest BCUT2D eigenvalue weighted by molar-refractivity contribution is -0.144. The number of nitrogens with zero attached hydrogens (tertiary/aromatic N) is 3. The number of hydrogen-bond acceptors (Lipinski definition) is 5. The first kappa shape index (κ1) is 13.1. The van der Waals surface area contributed by atoms with Crippen LogP contribution in [0, 0.1) is 0 Å². The van der Waals surface area contributed by atoms with E-state index >= 15 is 0 Å². The van der Waals surface area contributed by atoms with Crippen LogP contribution in [0.4, 0.5) is 18.3 Å². The lowest BCUT2D eigenvalue weighted by Gasteiger charge is -2.28. The first-order valence-electron chi connectivity index (χ1n) is 6.46. The average Bonchev–Trinajstić information content (AvgIpc) is 3.09. The lowest BCUT2D eigenvalue weighted by Crippen LogP contribution is -2.44. The highest BCUT2D eigenvalue weighted by Gasteiger charge is 2.39. The van der Waals surface area contributed by atoms with E-state index in [1.54, 1.807) is 0 Å². The molecule has 2 atom stereocenters. The van der Waals surface area contributed by atoms with Crippen LogP contribution in [0.25, 0.3) is 0 Å². The number of rotatable bonds is 2. The molecule has 0 radical (unpaired) electrons. The third kappa shape index (κ3) is 2.55. The van der Waals surface area contributed by atoms with Gasteiger partial charge in [-0.25, -0.2) is 0 Å². The summed E-state index contributed by atoms with van der Waals surface area (Å²) in [5, 5.41) is 3.83. The summed E-state index contributed by atoms with van der Waals surface area (Å²) in [7, 11) is 0. The molecule has 3 rings (SSSR count). The summed E-state index contributed by atoms with van der Waals surface area (Å²) >= 11 is 0.853. The molecule has 1 aromatic heterocycles. The minimum atomic E-state index is -4.45. The maximum absolute atomic E-state index is 12.5. The van der Waals surface area contributed by atoms with Crippen LogP contribution in [0.1, 0.15) is 31.5 Å². The molecule has 0 saturated carbocycles. The molecule has 0 bridgehead atoms. The molecule has 3 heterocycles. The standard InChI is InChI=1S/C11H15F3N4S/c12-11(13,14)9-16-10(19-17-9)18-6-2-4-8(18)7-3-1-5-15-7/h7-8,15H,1-6H2. The highest BCUT2D eigenvalue weighted by Crippen LogP contribution is 2.34. The van der Waals surface area contributed by atoms with Crippen molar-refractivity contribution in [3.05, 3.63) is 5.82 Å². The molecule has 1 N–H and O–H groups in total. The summed E-state index contributed by atoms with van der Waals surface area (Å²) in [5.74, 6) is -1.02.